The van der Waals surface area contributed by atoms with E-state index in [1.54, 1.807) is 0 Å². The number of nitrogens with zero attached hydrogens (tertiary/aromatic N) is 5. The van der Waals surface area contributed by atoms with E-state index in [-0.39, 0.29) is 5.41 Å². The SMILES string of the molecule is CC(C)(C)c1ccnc(-n2c3cc(Oc4cccc(-n5[c-][n+](-c6ccccc6)c6ccccc65)c4)ccc3c3ccc(-c4ccccc4-n4c5ccccc5c5ccccc54)cc32)c1. The Morgan fingerprint density at radius 3 is 1.92 bits per heavy atom. The molecule has 6 nitrogen and oxygen atoms in total. The lowest BCUT2D eigenvalue weighted by Gasteiger charge is -2.20. The third-order valence-electron chi connectivity index (χ3n) is 12.5. The molecule has 64 heavy (non-hydrogen) atoms. The van der Waals surface area contributed by atoms with Crippen LogP contribution in [0.4, 0.5) is 0 Å². The highest BCUT2D eigenvalue weighted by Gasteiger charge is 2.21. The molecule has 8 aromatic carbocycles. The molecule has 0 saturated heterocycles. The maximum Gasteiger partial charge on any atom is 0.269 e. The molecular weight excluding hydrogens is 783 g/mol. The number of pyridine rings is 1. The molecule has 0 spiro atoms. The Balaban J connectivity index is 1.00. The molecule has 6 heteroatoms. The van der Waals surface area contributed by atoms with Gasteiger partial charge in [-0.15, -0.1) is 0 Å². The first-order valence-corrected chi connectivity index (χ1v) is 21.8. The van der Waals surface area contributed by atoms with Gasteiger partial charge in [-0.3, -0.25) is 13.7 Å². The normalized spacial score (nSPS) is 12.0. The van der Waals surface area contributed by atoms with Crippen LogP contribution in [-0.4, -0.2) is 18.7 Å². The minimum atomic E-state index is -0.0645. The standard InChI is InChI=1S/C58H43N5O/c1-58(2,3)40-32-33-59-57(35-40)63-55-34-39(45-20-7-10-23-50(45)62-51-24-11-8-21-46(51)47-22-9-12-25-52(47)62)28-30-48(55)49-31-29-44(37-56(49)63)64-43-19-15-18-42(36-43)61-38-60(41-16-5-4-6-17-41)53-26-13-14-27-54(53)61/h4-37H,1-3H3. The highest BCUT2D eigenvalue weighted by atomic mass is 16.5. The zero-order chi connectivity index (χ0) is 42.9. The summed E-state index contributed by atoms with van der Waals surface area (Å²) in [6.07, 6.45) is 5.54. The quantitative estimate of drug-likeness (QED) is 0.119. The number of fused-ring (bicyclic) bond motifs is 7. The summed E-state index contributed by atoms with van der Waals surface area (Å²) in [5.74, 6) is 2.33. The van der Waals surface area contributed by atoms with E-state index in [4.69, 9.17) is 9.72 Å². The van der Waals surface area contributed by atoms with Crippen LogP contribution < -0.4 is 9.30 Å². The Morgan fingerprint density at radius 1 is 0.500 bits per heavy atom. The second-order valence-electron chi connectivity index (χ2n) is 17.5. The molecule has 0 unspecified atom stereocenters. The number of para-hydroxylation sites is 6. The number of hydrogen-bond acceptors (Lipinski definition) is 2. The zero-order valence-electron chi connectivity index (χ0n) is 35.8. The van der Waals surface area contributed by atoms with E-state index in [1.165, 1.54) is 27.4 Å². The fraction of sp³-hybridized carbons (Fsp3) is 0.0690. The Bertz CT molecular complexity index is 3700. The van der Waals surface area contributed by atoms with Crippen LogP contribution in [0.15, 0.2) is 206 Å². The van der Waals surface area contributed by atoms with Crippen LogP contribution in [0, 0.1) is 6.33 Å². The molecule has 0 aliphatic rings. The minimum Gasteiger partial charge on any atom is -0.458 e. The molecule has 0 radical (unpaired) electrons. The van der Waals surface area contributed by atoms with Gasteiger partial charge in [0.25, 0.3) is 6.33 Å². The van der Waals surface area contributed by atoms with Gasteiger partial charge in [0, 0.05) is 39.4 Å². The van der Waals surface area contributed by atoms with Crippen LogP contribution in [0.1, 0.15) is 26.3 Å². The molecule has 0 aliphatic heterocycles. The Morgan fingerprint density at radius 2 is 1.14 bits per heavy atom. The lowest BCUT2D eigenvalue weighted by Crippen LogP contribution is -2.29. The van der Waals surface area contributed by atoms with Gasteiger partial charge in [0.1, 0.15) is 17.3 Å². The number of rotatable bonds is 7. The summed E-state index contributed by atoms with van der Waals surface area (Å²) >= 11 is 0. The molecule has 0 saturated carbocycles. The topological polar surface area (TPSA) is 40.8 Å². The van der Waals surface area contributed by atoms with E-state index < -0.39 is 0 Å². The average molecular weight is 826 g/mol. The van der Waals surface area contributed by atoms with E-state index in [0.717, 1.165) is 78.3 Å². The van der Waals surface area contributed by atoms with Crippen LogP contribution in [0.25, 0.3) is 88.7 Å². The van der Waals surface area contributed by atoms with Crippen molar-refractivity contribution in [1.29, 1.82) is 0 Å². The molecule has 306 valence electrons. The molecule has 0 fully saturated rings. The Hall–Kier alpha value is -8.22. The van der Waals surface area contributed by atoms with Gasteiger partial charge in [-0.1, -0.05) is 136 Å². The van der Waals surface area contributed by atoms with Gasteiger partial charge in [0.2, 0.25) is 0 Å². The highest BCUT2D eigenvalue weighted by Crippen LogP contribution is 2.41. The van der Waals surface area contributed by atoms with Crippen LogP contribution >= 0.6 is 0 Å². The number of aromatic nitrogens is 5. The summed E-state index contributed by atoms with van der Waals surface area (Å²) in [4.78, 5) is 5.04. The lowest BCUT2D eigenvalue weighted by atomic mass is 9.88. The molecule has 0 amide bonds. The molecule has 0 bridgehead atoms. The van der Waals surface area contributed by atoms with Gasteiger partial charge in [-0.25, -0.2) is 4.98 Å². The van der Waals surface area contributed by atoms with Gasteiger partial charge in [-0.05, 0) is 95.4 Å². The van der Waals surface area contributed by atoms with E-state index in [9.17, 15) is 0 Å². The van der Waals surface area contributed by atoms with Crippen molar-refractivity contribution in [2.75, 3.05) is 0 Å². The first-order valence-electron chi connectivity index (χ1n) is 21.8. The van der Waals surface area contributed by atoms with Crippen molar-refractivity contribution in [2.45, 2.75) is 26.2 Å². The van der Waals surface area contributed by atoms with Gasteiger partial charge >= 0.3 is 0 Å². The predicted octanol–water partition coefficient (Wildman–Crippen LogP) is 14.1. The molecular formula is C58H43N5O. The van der Waals surface area contributed by atoms with Crippen molar-refractivity contribution < 1.29 is 9.30 Å². The van der Waals surface area contributed by atoms with Crippen molar-refractivity contribution in [2.24, 2.45) is 0 Å². The highest BCUT2D eigenvalue weighted by molar-refractivity contribution is 6.12. The van der Waals surface area contributed by atoms with Crippen molar-refractivity contribution in [3.63, 3.8) is 0 Å². The number of ether oxygens (including phenoxy) is 1. The monoisotopic (exact) mass is 825 g/mol. The summed E-state index contributed by atoms with van der Waals surface area (Å²) in [5.41, 5.74) is 13.1. The molecule has 0 N–H and O–H groups in total. The maximum atomic E-state index is 6.77. The van der Waals surface area contributed by atoms with Gasteiger partial charge in [0.05, 0.1) is 50.2 Å². The van der Waals surface area contributed by atoms with Crippen molar-refractivity contribution >= 4 is 54.6 Å². The first kappa shape index (κ1) is 37.5. The predicted molar refractivity (Wildman–Crippen MR) is 261 cm³/mol. The summed E-state index contributed by atoms with van der Waals surface area (Å²) in [5, 5.41) is 4.75. The third kappa shape index (κ3) is 6.17. The van der Waals surface area contributed by atoms with E-state index >= 15 is 0 Å². The largest absolute Gasteiger partial charge is 0.458 e. The second-order valence-corrected chi connectivity index (χ2v) is 17.5. The van der Waals surface area contributed by atoms with Crippen molar-refractivity contribution in [3.05, 3.63) is 218 Å². The number of benzene rings is 8. The molecule has 12 aromatic rings. The van der Waals surface area contributed by atoms with Crippen LogP contribution in [-0.2, 0) is 5.41 Å². The minimum absolute atomic E-state index is 0.0645. The fourth-order valence-electron chi connectivity index (χ4n) is 9.42. The van der Waals surface area contributed by atoms with E-state index in [1.807, 2.05) is 24.4 Å². The second kappa shape index (κ2) is 14.7. The molecule has 12 rings (SSSR count). The van der Waals surface area contributed by atoms with Gasteiger partial charge < -0.3 is 9.30 Å². The zero-order valence-corrected chi connectivity index (χ0v) is 35.8. The smallest absolute Gasteiger partial charge is 0.269 e. The molecule has 0 aliphatic carbocycles. The first-order chi connectivity index (χ1) is 31.4. The number of imidazole rings is 1. The van der Waals surface area contributed by atoms with Crippen molar-refractivity contribution in [1.82, 2.24) is 18.7 Å². The van der Waals surface area contributed by atoms with Crippen LogP contribution in [0.5, 0.6) is 11.5 Å². The Labute approximate surface area is 371 Å². The van der Waals surface area contributed by atoms with Gasteiger partial charge in [0.15, 0.2) is 0 Å². The third-order valence-corrected chi connectivity index (χ3v) is 12.5. The molecule has 4 heterocycles. The summed E-state index contributed by atoms with van der Waals surface area (Å²) < 4.78 is 15.7. The lowest BCUT2D eigenvalue weighted by molar-refractivity contribution is -0.572. The Kier molecular flexibility index (Phi) is 8.63. The van der Waals surface area contributed by atoms with Crippen LogP contribution in [0.3, 0.4) is 0 Å². The van der Waals surface area contributed by atoms with Crippen LogP contribution in [0.2, 0.25) is 0 Å². The fourth-order valence-corrected chi connectivity index (χ4v) is 9.42. The average Bonchev–Trinajstić information content (AvgIpc) is 3.99. The van der Waals surface area contributed by atoms with Crippen molar-refractivity contribution in [3.8, 4) is 45.5 Å². The number of hydrogen-bond donors (Lipinski definition) is 0. The summed E-state index contributed by atoms with van der Waals surface area (Å²) in [7, 11) is 0. The molecule has 0 atom stereocenters. The molecule has 4 aromatic heterocycles. The summed E-state index contributed by atoms with van der Waals surface area (Å²) in [6.45, 7) is 6.74. The van der Waals surface area contributed by atoms with E-state index in [0.29, 0.717) is 0 Å². The summed E-state index contributed by atoms with van der Waals surface area (Å²) in [6, 6.07) is 70.7. The van der Waals surface area contributed by atoms with E-state index in [2.05, 4.69) is 227 Å². The van der Waals surface area contributed by atoms with Gasteiger partial charge in [-0.2, -0.15) is 0 Å². The maximum absolute atomic E-state index is 6.77.